The lowest BCUT2D eigenvalue weighted by Crippen LogP contribution is -2.32. The number of rotatable bonds is 8. The fourth-order valence-electron chi connectivity index (χ4n) is 3.63. The Morgan fingerprint density at radius 3 is 2.55 bits per heavy atom. The van der Waals surface area contributed by atoms with E-state index < -0.39 is 11.8 Å². The summed E-state index contributed by atoms with van der Waals surface area (Å²) in [7, 11) is 0. The van der Waals surface area contributed by atoms with Gasteiger partial charge in [0, 0.05) is 0 Å². The zero-order valence-electron chi connectivity index (χ0n) is 20.1. The average molecular weight is 615 g/mol. The monoisotopic (exact) mass is 613 g/mol. The van der Waals surface area contributed by atoms with Gasteiger partial charge >= 0.3 is 11.8 Å². The SMILES string of the molecule is CCOc1cc(C=NNC(=O)C(=O)Nc2cccc(Cl)c2Cl)cc(Br)c1OCc1cccc2ccccc12. The lowest BCUT2D eigenvalue weighted by atomic mass is 10.1. The molecule has 0 fully saturated rings. The third kappa shape index (κ3) is 6.64. The predicted octanol–water partition coefficient (Wildman–Crippen LogP) is 6.98. The van der Waals surface area contributed by atoms with E-state index >= 15 is 0 Å². The van der Waals surface area contributed by atoms with Crippen molar-refractivity contribution >= 4 is 73.6 Å². The number of fused-ring (bicyclic) bond motifs is 1. The molecule has 2 amide bonds. The first-order valence-electron chi connectivity index (χ1n) is 11.5. The van der Waals surface area contributed by atoms with Gasteiger partial charge in [0.1, 0.15) is 6.61 Å². The highest BCUT2D eigenvalue weighted by molar-refractivity contribution is 9.10. The van der Waals surface area contributed by atoms with E-state index in [1.807, 2.05) is 31.2 Å². The maximum Gasteiger partial charge on any atom is 0.329 e. The molecule has 4 aromatic rings. The molecular weight excluding hydrogens is 593 g/mol. The number of amides is 2. The first kappa shape index (κ1) is 27.4. The smallest absolute Gasteiger partial charge is 0.329 e. The predicted molar refractivity (Wildman–Crippen MR) is 154 cm³/mol. The van der Waals surface area contributed by atoms with Crippen molar-refractivity contribution < 1.29 is 19.1 Å². The average Bonchev–Trinajstić information content (AvgIpc) is 2.91. The Balaban J connectivity index is 1.44. The molecule has 0 heterocycles. The van der Waals surface area contributed by atoms with E-state index in [0.717, 1.165) is 16.3 Å². The van der Waals surface area contributed by atoms with Crippen LogP contribution >= 0.6 is 39.1 Å². The van der Waals surface area contributed by atoms with Crippen molar-refractivity contribution in [3.63, 3.8) is 0 Å². The van der Waals surface area contributed by atoms with Gasteiger partial charge in [-0.2, -0.15) is 5.10 Å². The highest BCUT2D eigenvalue weighted by Crippen LogP contribution is 2.37. The molecule has 0 bridgehead atoms. The molecule has 4 rings (SSSR count). The number of hydrogen-bond acceptors (Lipinski definition) is 5. The highest BCUT2D eigenvalue weighted by atomic mass is 79.9. The Kier molecular flexibility index (Phi) is 9.23. The van der Waals surface area contributed by atoms with Crippen LogP contribution in [0.3, 0.4) is 0 Å². The number of anilines is 1. The van der Waals surface area contributed by atoms with Crippen LogP contribution in [0.15, 0.2) is 82.4 Å². The van der Waals surface area contributed by atoms with Crippen molar-refractivity contribution in [2.75, 3.05) is 11.9 Å². The van der Waals surface area contributed by atoms with Crippen LogP contribution in [0.2, 0.25) is 10.0 Å². The second-order valence-electron chi connectivity index (χ2n) is 7.94. The number of carbonyl (C=O) groups excluding carboxylic acids is 2. The van der Waals surface area contributed by atoms with Crippen LogP contribution in [-0.2, 0) is 16.2 Å². The van der Waals surface area contributed by atoms with Crippen LogP contribution in [0.4, 0.5) is 5.69 Å². The number of hydrazone groups is 1. The largest absolute Gasteiger partial charge is 0.490 e. The quantitative estimate of drug-likeness (QED) is 0.127. The van der Waals surface area contributed by atoms with Crippen molar-refractivity contribution in [1.82, 2.24) is 5.43 Å². The van der Waals surface area contributed by atoms with Crippen LogP contribution in [0, 0.1) is 0 Å². The Morgan fingerprint density at radius 2 is 1.74 bits per heavy atom. The summed E-state index contributed by atoms with van der Waals surface area (Å²) in [5, 5.41) is 8.92. The van der Waals surface area contributed by atoms with Crippen LogP contribution in [-0.4, -0.2) is 24.6 Å². The number of nitrogens with zero attached hydrogens (tertiary/aromatic N) is 1. The van der Waals surface area contributed by atoms with Gasteiger partial charge in [0.25, 0.3) is 0 Å². The number of carbonyl (C=O) groups is 2. The van der Waals surface area contributed by atoms with Crippen molar-refractivity contribution in [1.29, 1.82) is 0 Å². The number of hydrogen-bond donors (Lipinski definition) is 2. The molecule has 0 saturated carbocycles. The second kappa shape index (κ2) is 12.8. The van der Waals surface area contributed by atoms with Gasteiger partial charge < -0.3 is 14.8 Å². The number of halogens is 3. The molecule has 0 aliphatic rings. The van der Waals surface area contributed by atoms with Crippen LogP contribution in [0.25, 0.3) is 10.8 Å². The summed E-state index contributed by atoms with van der Waals surface area (Å²) in [5.41, 5.74) is 4.06. The Hall–Kier alpha value is -3.59. The van der Waals surface area contributed by atoms with E-state index in [1.165, 1.54) is 12.3 Å². The van der Waals surface area contributed by atoms with Gasteiger partial charge in [-0.15, -0.1) is 0 Å². The van der Waals surface area contributed by atoms with Gasteiger partial charge in [-0.25, -0.2) is 5.43 Å². The third-order valence-electron chi connectivity index (χ3n) is 5.37. The second-order valence-corrected chi connectivity index (χ2v) is 9.58. The lowest BCUT2D eigenvalue weighted by molar-refractivity contribution is -0.136. The molecule has 10 heteroatoms. The summed E-state index contributed by atoms with van der Waals surface area (Å²) in [6.45, 7) is 2.63. The summed E-state index contributed by atoms with van der Waals surface area (Å²) in [6, 6.07) is 22.4. The molecule has 0 aliphatic heterocycles. The normalized spacial score (nSPS) is 10.9. The van der Waals surface area contributed by atoms with Gasteiger partial charge in [0.05, 0.1) is 33.0 Å². The summed E-state index contributed by atoms with van der Waals surface area (Å²) in [5.74, 6) is -0.877. The Bertz CT molecular complexity index is 1520. The molecule has 0 unspecified atom stereocenters. The molecule has 0 radical (unpaired) electrons. The Labute approximate surface area is 237 Å². The molecule has 7 nitrogen and oxygen atoms in total. The first-order chi connectivity index (χ1) is 18.4. The molecular formula is C28H22BrCl2N3O4. The molecule has 4 aromatic carbocycles. The van der Waals surface area contributed by atoms with Crippen molar-refractivity contribution in [2.45, 2.75) is 13.5 Å². The van der Waals surface area contributed by atoms with Gasteiger partial charge in [-0.1, -0.05) is 71.7 Å². The minimum atomic E-state index is -0.976. The van der Waals surface area contributed by atoms with Crippen LogP contribution in [0.5, 0.6) is 11.5 Å². The molecule has 0 aromatic heterocycles. The van der Waals surface area contributed by atoms with Crippen LogP contribution < -0.4 is 20.2 Å². The minimum Gasteiger partial charge on any atom is -0.490 e. The number of ether oxygens (including phenoxy) is 2. The molecule has 0 saturated heterocycles. The van der Waals surface area contributed by atoms with Gasteiger partial charge in [0.15, 0.2) is 11.5 Å². The summed E-state index contributed by atoms with van der Waals surface area (Å²) < 4.78 is 12.6. The van der Waals surface area contributed by atoms with Gasteiger partial charge in [0.2, 0.25) is 0 Å². The third-order valence-corrected chi connectivity index (χ3v) is 6.78. The van der Waals surface area contributed by atoms with Crippen molar-refractivity contribution in [2.24, 2.45) is 5.10 Å². The minimum absolute atomic E-state index is 0.134. The zero-order valence-corrected chi connectivity index (χ0v) is 23.2. The maximum absolute atomic E-state index is 12.2. The zero-order chi connectivity index (χ0) is 27.1. The number of benzene rings is 4. The number of nitrogens with one attached hydrogen (secondary N) is 2. The molecule has 38 heavy (non-hydrogen) atoms. The lowest BCUT2D eigenvalue weighted by Gasteiger charge is -2.15. The van der Waals surface area contributed by atoms with E-state index in [0.29, 0.717) is 34.7 Å². The van der Waals surface area contributed by atoms with Gasteiger partial charge in [-0.3, -0.25) is 9.59 Å². The van der Waals surface area contributed by atoms with Crippen molar-refractivity contribution in [3.05, 3.63) is 98.4 Å². The first-order valence-corrected chi connectivity index (χ1v) is 13.1. The Morgan fingerprint density at radius 1 is 0.974 bits per heavy atom. The van der Waals surface area contributed by atoms with E-state index in [-0.39, 0.29) is 15.7 Å². The van der Waals surface area contributed by atoms with E-state index in [1.54, 1.807) is 24.3 Å². The fourth-order valence-corrected chi connectivity index (χ4v) is 4.55. The summed E-state index contributed by atoms with van der Waals surface area (Å²) >= 11 is 15.5. The van der Waals surface area contributed by atoms with E-state index in [9.17, 15) is 9.59 Å². The fraction of sp³-hybridized carbons (Fsp3) is 0.107. The molecule has 0 atom stereocenters. The van der Waals surface area contributed by atoms with Crippen molar-refractivity contribution in [3.8, 4) is 11.5 Å². The summed E-state index contributed by atoms with van der Waals surface area (Å²) in [4.78, 5) is 24.4. The van der Waals surface area contributed by atoms with Crippen LogP contribution in [0.1, 0.15) is 18.1 Å². The van der Waals surface area contributed by atoms with E-state index in [2.05, 4.69) is 50.0 Å². The van der Waals surface area contributed by atoms with Gasteiger partial charge in [-0.05, 0) is 69.0 Å². The molecule has 0 aliphatic carbocycles. The topological polar surface area (TPSA) is 89.0 Å². The highest BCUT2D eigenvalue weighted by Gasteiger charge is 2.16. The standard InChI is InChI=1S/C28H22BrCl2N3O4/c1-2-37-24-14-17(15-32-34-28(36)27(35)33-23-12-6-11-22(30)25(23)31)13-21(29)26(24)38-16-19-9-5-8-18-7-3-4-10-20(18)19/h3-15H,2,16H2,1H3,(H,33,35)(H,34,36). The molecule has 0 spiro atoms. The maximum atomic E-state index is 12.2. The molecule has 194 valence electrons. The molecule has 2 N–H and O–H groups in total. The van der Waals surface area contributed by atoms with E-state index in [4.69, 9.17) is 32.7 Å². The summed E-state index contributed by atoms with van der Waals surface area (Å²) in [6.07, 6.45) is 1.39.